The van der Waals surface area contributed by atoms with Gasteiger partial charge in [0, 0.05) is 9.13 Å². The summed E-state index contributed by atoms with van der Waals surface area (Å²) in [5, 5.41) is -0.322. The Morgan fingerprint density at radius 3 is 2.58 bits per heavy atom. The maximum absolute atomic E-state index is 11.6. The molecule has 5 heteroatoms. The van der Waals surface area contributed by atoms with Crippen LogP contribution in [0.25, 0.3) is 0 Å². The Labute approximate surface area is 161 Å². The quantitative estimate of drug-likeness (QED) is 0.414. The van der Waals surface area contributed by atoms with E-state index in [-0.39, 0.29) is 5.30 Å². The minimum absolute atomic E-state index is 0.322. The Morgan fingerprint density at radius 2 is 1.92 bits per heavy atom. The average Bonchev–Trinajstić information content (AvgIpc) is 2.56. The predicted molar refractivity (Wildman–Crippen MR) is 108 cm³/mol. The highest BCUT2D eigenvalue weighted by Gasteiger charge is 2.13. The van der Waals surface area contributed by atoms with Crippen LogP contribution in [0.3, 0.4) is 0 Å². The molecule has 0 radical (unpaired) electrons. The molecule has 0 heterocycles. The molecule has 24 heavy (non-hydrogen) atoms. The van der Waals surface area contributed by atoms with Crippen molar-refractivity contribution in [1.29, 1.82) is 0 Å². The van der Waals surface area contributed by atoms with Crippen LogP contribution < -0.4 is 9.47 Å². The normalized spacial score (nSPS) is 10.5. The summed E-state index contributed by atoms with van der Waals surface area (Å²) < 4.78 is 12.4. The van der Waals surface area contributed by atoms with Crippen molar-refractivity contribution < 1.29 is 14.3 Å². The van der Waals surface area contributed by atoms with Crippen LogP contribution in [0, 0.1) is 17.4 Å². The van der Waals surface area contributed by atoms with Crippen molar-refractivity contribution >= 4 is 39.7 Å². The molecule has 0 atom stereocenters. The van der Waals surface area contributed by atoms with E-state index in [0.717, 1.165) is 38.6 Å². The van der Waals surface area contributed by atoms with Gasteiger partial charge in [-0.05, 0) is 95.8 Å². The van der Waals surface area contributed by atoms with Gasteiger partial charge in [0.1, 0.15) is 18.1 Å². The number of hydrogen-bond acceptors (Lipinski definition) is 4. The van der Waals surface area contributed by atoms with Crippen molar-refractivity contribution in [3.8, 4) is 11.5 Å². The number of thioether (sulfide) groups is 1. The molecular weight excluding hydrogens is 435 g/mol. The molecule has 0 aliphatic rings. The Kier molecular flexibility index (Phi) is 6.98. The van der Waals surface area contributed by atoms with Crippen molar-refractivity contribution in [2.75, 3.05) is 6.26 Å². The minimum Gasteiger partial charge on any atom is -0.488 e. The second-order valence-corrected chi connectivity index (χ2v) is 7.36. The average molecular weight is 456 g/mol. The van der Waals surface area contributed by atoms with Gasteiger partial charge in [0.25, 0.3) is 0 Å². The molecule has 0 saturated carbocycles. The first-order valence-corrected chi connectivity index (χ1v) is 10.0. The number of halogens is 1. The Balaban J connectivity index is 2.23. The fourth-order valence-corrected chi connectivity index (χ4v) is 3.24. The van der Waals surface area contributed by atoms with E-state index < -0.39 is 0 Å². The van der Waals surface area contributed by atoms with Crippen molar-refractivity contribution in [1.82, 2.24) is 0 Å². The van der Waals surface area contributed by atoms with E-state index in [1.165, 1.54) is 11.1 Å². The summed E-state index contributed by atoms with van der Waals surface area (Å²) >= 11 is 3.29. The SMILES string of the molecule is CCc1cc(C)c(OCc2c(I)cccc2OC(=O)SC)cc1C. The molecule has 0 bridgehead atoms. The number of hydrogen-bond donors (Lipinski definition) is 0. The van der Waals surface area contributed by atoms with Gasteiger partial charge in [-0.15, -0.1) is 0 Å². The van der Waals surface area contributed by atoms with E-state index in [4.69, 9.17) is 9.47 Å². The lowest BCUT2D eigenvalue weighted by Crippen LogP contribution is -2.07. The predicted octanol–water partition coefficient (Wildman–Crippen LogP) is 5.91. The summed E-state index contributed by atoms with van der Waals surface area (Å²) in [6, 6.07) is 9.91. The van der Waals surface area contributed by atoms with E-state index in [2.05, 4.69) is 55.5 Å². The van der Waals surface area contributed by atoms with Gasteiger partial charge in [-0.3, -0.25) is 0 Å². The van der Waals surface area contributed by atoms with E-state index >= 15 is 0 Å². The fraction of sp³-hybridized carbons (Fsp3) is 0.316. The van der Waals surface area contributed by atoms with Gasteiger partial charge in [-0.2, -0.15) is 0 Å². The standard InChI is InChI=1S/C19H21IO3S/c1-5-14-9-13(3)18(10-12(14)2)22-11-15-16(20)7-6-8-17(15)23-19(21)24-4/h6-10H,5,11H2,1-4H3. The molecule has 0 unspecified atom stereocenters. The third-order valence-electron chi connectivity index (χ3n) is 3.82. The van der Waals surface area contributed by atoms with E-state index in [9.17, 15) is 4.79 Å². The fourth-order valence-electron chi connectivity index (χ4n) is 2.44. The lowest BCUT2D eigenvalue weighted by molar-refractivity contribution is 0.225. The molecule has 0 amide bonds. The lowest BCUT2D eigenvalue weighted by Gasteiger charge is -2.15. The molecule has 0 aliphatic heterocycles. The molecule has 3 nitrogen and oxygen atoms in total. The second-order valence-electron chi connectivity index (χ2n) is 5.46. The topological polar surface area (TPSA) is 35.5 Å². The summed E-state index contributed by atoms with van der Waals surface area (Å²) in [6.07, 6.45) is 2.71. The van der Waals surface area contributed by atoms with Crippen LogP contribution in [-0.2, 0) is 13.0 Å². The minimum atomic E-state index is -0.322. The van der Waals surface area contributed by atoms with Gasteiger partial charge >= 0.3 is 5.30 Å². The Hall–Kier alpha value is -1.21. The smallest absolute Gasteiger partial charge is 0.372 e. The molecule has 0 aliphatic carbocycles. The van der Waals surface area contributed by atoms with Crippen molar-refractivity contribution in [2.45, 2.75) is 33.8 Å². The molecule has 0 N–H and O–H groups in total. The molecule has 2 rings (SSSR count). The second kappa shape index (κ2) is 8.76. The summed E-state index contributed by atoms with van der Waals surface area (Å²) in [4.78, 5) is 11.6. The van der Waals surface area contributed by atoms with Gasteiger partial charge in [-0.1, -0.05) is 19.1 Å². The monoisotopic (exact) mass is 456 g/mol. The van der Waals surface area contributed by atoms with E-state index in [0.29, 0.717) is 12.4 Å². The van der Waals surface area contributed by atoms with Crippen LogP contribution in [0.5, 0.6) is 11.5 Å². The molecule has 0 spiro atoms. The first-order valence-electron chi connectivity index (χ1n) is 7.72. The Morgan fingerprint density at radius 1 is 1.17 bits per heavy atom. The molecule has 2 aromatic carbocycles. The van der Waals surface area contributed by atoms with Crippen LogP contribution in [0.1, 0.15) is 29.2 Å². The molecule has 0 saturated heterocycles. The van der Waals surface area contributed by atoms with E-state index in [1.807, 2.05) is 12.1 Å². The third kappa shape index (κ3) is 4.66. The van der Waals surface area contributed by atoms with Crippen LogP contribution in [0.4, 0.5) is 4.79 Å². The third-order valence-corrected chi connectivity index (χ3v) is 5.25. The first kappa shape index (κ1) is 19.1. The van der Waals surface area contributed by atoms with Gasteiger partial charge < -0.3 is 9.47 Å². The van der Waals surface area contributed by atoms with Crippen molar-refractivity contribution in [3.05, 3.63) is 56.2 Å². The number of aryl methyl sites for hydroxylation is 3. The zero-order valence-corrected chi connectivity index (χ0v) is 17.3. The van der Waals surface area contributed by atoms with Crippen molar-refractivity contribution in [3.63, 3.8) is 0 Å². The zero-order valence-electron chi connectivity index (χ0n) is 14.3. The molecule has 128 valence electrons. The molecular formula is C19H21IO3S. The molecule has 2 aromatic rings. The van der Waals surface area contributed by atoms with Crippen LogP contribution in [-0.4, -0.2) is 11.6 Å². The Bertz CT molecular complexity index is 744. The van der Waals surface area contributed by atoms with Gasteiger partial charge in [0.05, 0.1) is 0 Å². The van der Waals surface area contributed by atoms with Gasteiger partial charge in [0.15, 0.2) is 0 Å². The van der Waals surface area contributed by atoms with Crippen LogP contribution in [0.2, 0.25) is 0 Å². The van der Waals surface area contributed by atoms with Crippen LogP contribution >= 0.6 is 34.4 Å². The number of rotatable bonds is 5. The van der Waals surface area contributed by atoms with Crippen molar-refractivity contribution in [2.24, 2.45) is 0 Å². The van der Waals surface area contributed by atoms with E-state index in [1.54, 1.807) is 12.3 Å². The van der Waals surface area contributed by atoms with Gasteiger partial charge in [0.2, 0.25) is 0 Å². The molecule has 0 aromatic heterocycles. The number of ether oxygens (including phenoxy) is 2. The van der Waals surface area contributed by atoms with Gasteiger partial charge in [-0.25, -0.2) is 4.79 Å². The summed E-state index contributed by atoms with van der Waals surface area (Å²) in [5.74, 6) is 1.42. The highest BCUT2D eigenvalue weighted by molar-refractivity contribution is 14.1. The highest BCUT2D eigenvalue weighted by Crippen LogP contribution is 2.29. The summed E-state index contributed by atoms with van der Waals surface area (Å²) in [5.41, 5.74) is 4.57. The largest absolute Gasteiger partial charge is 0.488 e. The zero-order chi connectivity index (χ0) is 17.7. The summed E-state index contributed by atoms with van der Waals surface area (Å²) in [6.45, 7) is 6.67. The summed E-state index contributed by atoms with van der Waals surface area (Å²) in [7, 11) is 0. The maximum atomic E-state index is 11.6. The lowest BCUT2D eigenvalue weighted by atomic mass is 10.0. The van der Waals surface area contributed by atoms with Crippen LogP contribution in [0.15, 0.2) is 30.3 Å². The number of carbonyl (C=O) groups excluding carboxylic acids is 1. The molecule has 0 fully saturated rings. The number of carbonyl (C=O) groups is 1. The first-order chi connectivity index (χ1) is 11.5. The highest BCUT2D eigenvalue weighted by atomic mass is 127. The maximum Gasteiger partial charge on any atom is 0.372 e. The number of benzene rings is 2.